The Morgan fingerprint density at radius 1 is 1.29 bits per heavy atom. The van der Waals surface area contributed by atoms with Crippen LogP contribution in [-0.2, 0) is 9.59 Å². The number of carboxylic acid groups (broad SMARTS) is 1. The summed E-state index contributed by atoms with van der Waals surface area (Å²) in [5.74, 6) is -0.869. The van der Waals surface area contributed by atoms with E-state index in [-0.39, 0.29) is 31.4 Å². The second kappa shape index (κ2) is 7.28. The van der Waals surface area contributed by atoms with Crippen molar-refractivity contribution < 1.29 is 19.5 Å². The van der Waals surface area contributed by atoms with Gasteiger partial charge >= 0.3 is 12.0 Å². The normalized spacial score (nSPS) is 21.2. The predicted molar refractivity (Wildman–Crippen MR) is 77.9 cm³/mol. The molecule has 1 rings (SSSR count). The van der Waals surface area contributed by atoms with Gasteiger partial charge in [-0.2, -0.15) is 0 Å². The highest BCUT2D eigenvalue weighted by Gasteiger charge is 2.42. The van der Waals surface area contributed by atoms with Gasteiger partial charge in [-0.15, -0.1) is 0 Å². The molecule has 0 saturated carbocycles. The van der Waals surface area contributed by atoms with E-state index in [1.807, 2.05) is 13.8 Å². The van der Waals surface area contributed by atoms with Gasteiger partial charge < -0.3 is 20.2 Å². The summed E-state index contributed by atoms with van der Waals surface area (Å²) >= 11 is 0. The Morgan fingerprint density at radius 2 is 1.90 bits per heavy atom. The van der Waals surface area contributed by atoms with Gasteiger partial charge in [0.25, 0.3) is 0 Å². The molecule has 2 N–H and O–H groups in total. The highest BCUT2D eigenvalue weighted by molar-refractivity contribution is 5.80. The van der Waals surface area contributed by atoms with Crippen LogP contribution in [0.2, 0.25) is 0 Å². The van der Waals surface area contributed by atoms with E-state index in [9.17, 15) is 14.4 Å². The number of nitrogens with zero attached hydrogens (tertiary/aromatic N) is 2. The average molecular weight is 299 g/mol. The summed E-state index contributed by atoms with van der Waals surface area (Å²) in [6.07, 6.45) is 0.714. The third kappa shape index (κ3) is 4.34. The first kappa shape index (κ1) is 17.3. The zero-order chi connectivity index (χ0) is 16.0. The van der Waals surface area contributed by atoms with Gasteiger partial charge in [-0.1, -0.05) is 0 Å². The first-order chi connectivity index (χ1) is 9.84. The molecule has 0 aromatic carbocycles. The molecule has 1 heterocycles. The molecule has 1 unspecified atom stereocenters. The zero-order valence-electron chi connectivity index (χ0n) is 13.0. The van der Waals surface area contributed by atoms with Gasteiger partial charge in [-0.25, -0.2) is 4.79 Å². The van der Waals surface area contributed by atoms with Crippen LogP contribution in [0, 0.1) is 5.41 Å². The molecule has 21 heavy (non-hydrogen) atoms. The van der Waals surface area contributed by atoms with Gasteiger partial charge in [0.15, 0.2) is 0 Å². The summed E-state index contributed by atoms with van der Waals surface area (Å²) in [6.45, 7) is 7.70. The van der Waals surface area contributed by atoms with Gasteiger partial charge in [0.05, 0.1) is 5.41 Å². The Balaban J connectivity index is 2.36. The van der Waals surface area contributed by atoms with Crippen LogP contribution in [0.4, 0.5) is 4.79 Å². The van der Waals surface area contributed by atoms with Crippen molar-refractivity contribution in [2.45, 2.75) is 33.6 Å². The van der Waals surface area contributed by atoms with Crippen molar-refractivity contribution in [2.75, 3.05) is 32.7 Å². The summed E-state index contributed by atoms with van der Waals surface area (Å²) in [7, 11) is 0. The number of carboxylic acids is 1. The van der Waals surface area contributed by atoms with E-state index in [4.69, 9.17) is 5.11 Å². The number of rotatable bonds is 6. The van der Waals surface area contributed by atoms with Gasteiger partial charge in [0.1, 0.15) is 0 Å². The minimum atomic E-state index is -0.880. The standard InChI is InChI=1S/C14H25N3O4/c1-4-16(5-2)11(18)6-8-15-13(21)17-9-7-14(3,10-17)12(19)20/h4-10H2,1-3H3,(H,15,21)(H,19,20). The van der Waals surface area contributed by atoms with Crippen LogP contribution >= 0.6 is 0 Å². The summed E-state index contributed by atoms with van der Waals surface area (Å²) < 4.78 is 0. The van der Waals surface area contributed by atoms with E-state index < -0.39 is 11.4 Å². The third-order valence-corrected chi connectivity index (χ3v) is 4.01. The molecular formula is C14H25N3O4. The Morgan fingerprint density at radius 3 is 2.38 bits per heavy atom. The average Bonchev–Trinajstić information content (AvgIpc) is 2.84. The number of aliphatic carboxylic acids is 1. The van der Waals surface area contributed by atoms with Gasteiger partial charge in [0.2, 0.25) is 5.91 Å². The lowest BCUT2D eigenvalue weighted by Crippen LogP contribution is -2.42. The van der Waals surface area contributed by atoms with Gasteiger partial charge in [0, 0.05) is 39.1 Å². The van der Waals surface area contributed by atoms with Crippen LogP contribution in [0.3, 0.4) is 0 Å². The van der Waals surface area contributed by atoms with Crippen LogP contribution in [-0.4, -0.2) is 65.5 Å². The molecule has 0 bridgehead atoms. The second-order valence-electron chi connectivity index (χ2n) is 5.59. The highest BCUT2D eigenvalue weighted by atomic mass is 16.4. The lowest BCUT2D eigenvalue weighted by Gasteiger charge is -2.21. The fraction of sp³-hybridized carbons (Fsp3) is 0.786. The van der Waals surface area contributed by atoms with Crippen molar-refractivity contribution in [2.24, 2.45) is 5.41 Å². The molecule has 0 spiro atoms. The topological polar surface area (TPSA) is 90.0 Å². The molecule has 120 valence electrons. The lowest BCUT2D eigenvalue weighted by molar-refractivity contribution is -0.147. The number of carbonyl (C=O) groups is 3. The summed E-state index contributed by atoms with van der Waals surface area (Å²) in [6, 6.07) is -0.299. The van der Waals surface area contributed by atoms with Gasteiger partial charge in [-0.3, -0.25) is 9.59 Å². The van der Waals surface area contributed by atoms with Crippen LogP contribution < -0.4 is 5.32 Å². The molecule has 1 aliphatic heterocycles. The number of nitrogens with one attached hydrogen (secondary N) is 1. The molecule has 7 nitrogen and oxygen atoms in total. The maximum Gasteiger partial charge on any atom is 0.317 e. The molecule has 7 heteroatoms. The molecule has 0 aliphatic carbocycles. The Kier molecular flexibility index (Phi) is 5.99. The predicted octanol–water partition coefficient (Wildman–Crippen LogP) is 0.751. The van der Waals surface area contributed by atoms with Crippen molar-refractivity contribution in [3.8, 4) is 0 Å². The van der Waals surface area contributed by atoms with Crippen LogP contribution in [0.5, 0.6) is 0 Å². The molecule has 1 aliphatic rings. The van der Waals surface area contributed by atoms with Crippen molar-refractivity contribution >= 4 is 17.9 Å². The van der Waals surface area contributed by atoms with E-state index in [0.717, 1.165) is 0 Å². The van der Waals surface area contributed by atoms with Crippen LogP contribution in [0.15, 0.2) is 0 Å². The maximum atomic E-state index is 11.9. The third-order valence-electron chi connectivity index (χ3n) is 4.01. The molecule has 1 atom stereocenters. The van der Waals surface area contributed by atoms with Crippen LogP contribution in [0.25, 0.3) is 0 Å². The molecule has 0 radical (unpaired) electrons. The number of urea groups is 1. The zero-order valence-corrected chi connectivity index (χ0v) is 13.0. The van der Waals surface area contributed by atoms with Crippen molar-refractivity contribution in [3.05, 3.63) is 0 Å². The van der Waals surface area contributed by atoms with Crippen molar-refractivity contribution in [1.29, 1.82) is 0 Å². The number of likely N-dealkylation sites (tertiary alicyclic amines) is 1. The SMILES string of the molecule is CCN(CC)C(=O)CCNC(=O)N1CCC(C)(C(=O)O)C1. The van der Waals surface area contributed by atoms with E-state index in [1.54, 1.807) is 11.8 Å². The number of carbonyl (C=O) groups excluding carboxylic acids is 2. The molecular weight excluding hydrogens is 274 g/mol. The van der Waals surface area contributed by atoms with E-state index in [0.29, 0.717) is 26.1 Å². The van der Waals surface area contributed by atoms with E-state index in [2.05, 4.69) is 5.32 Å². The molecule has 3 amide bonds. The Bertz CT molecular complexity index is 409. The number of hydrogen-bond acceptors (Lipinski definition) is 3. The lowest BCUT2D eigenvalue weighted by atomic mass is 9.90. The Labute approximate surface area is 125 Å². The largest absolute Gasteiger partial charge is 0.481 e. The maximum absolute atomic E-state index is 11.9. The number of hydrogen-bond donors (Lipinski definition) is 2. The van der Waals surface area contributed by atoms with E-state index in [1.165, 1.54) is 4.90 Å². The monoisotopic (exact) mass is 299 g/mol. The first-order valence-corrected chi connectivity index (χ1v) is 7.38. The molecule has 1 fully saturated rings. The minimum Gasteiger partial charge on any atom is -0.481 e. The Hall–Kier alpha value is -1.79. The van der Waals surface area contributed by atoms with E-state index >= 15 is 0 Å². The second-order valence-corrected chi connectivity index (χ2v) is 5.59. The van der Waals surface area contributed by atoms with Crippen LogP contribution in [0.1, 0.15) is 33.6 Å². The fourth-order valence-corrected chi connectivity index (χ4v) is 2.43. The van der Waals surface area contributed by atoms with Gasteiger partial charge in [-0.05, 0) is 27.2 Å². The highest BCUT2D eigenvalue weighted by Crippen LogP contribution is 2.29. The molecule has 0 aromatic rings. The fourth-order valence-electron chi connectivity index (χ4n) is 2.43. The molecule has 1 saturated heterocycles. The van der Waals surface area contributed by atoms with Crippen molar-refractivity contribution in [3.63, 3.8) is 0 Å². The van der Waals surface area contributed by atoms with Crippen molar-refractivity contribution in [1.82, 2.24) is 15.1 Å². The summed E-state index contributed by atoms with van der Waals surface area (Å²) in [4.78, 5) is 38.1. The summed E-state index contributed by atoms with van der Waals surface area (Å²) in [5.41, 5.74) is -0.867. The quantitative estimate of drug-likeness (QED) is 0.757. The summed E-state index contributed by atoms with van der Waals surface area (Å²) in [5, 5.41) is 11.8. The molecule has 0 aromatic heterocycles. The smallest absolute Gasteiger partial charge is 0.317 e. The number of amides is 3. The minimum absolute atomic E-state index is 0.0112. The first-order valence-electron chi connectivity index (χ1n) is 7.38.